The molecule has 1 aliphatic rings. The van der Waals surface area contributed by atoms with Crippen LogP contribution in [0.4, 0.5) is 4.79 Å². The zero-order valence-electron chi connectivity index (χ0n) is 13.9. The summed E-state index contributed by atoms with van der Waals surface area (Å²) in [5.74, 6) is 0. The molecule has 1 aromatic carbocycles. The first-order valence-electron chi connectivity index (χ1n) is 8.24. The molecule has 2 amide bonds. The number of nitrogens with one attached hydrogen (secondary N) is 2. The first kappa shape index (κ1) is 17.7. The van der Waals surface area contributed by atoms with Crippen molar-refractivity contribution in [2.24, 2.45) is 0 Å². The van der Waals surface area contributed by atoms with Crippen LogP contribution in [0.25, 0.3) is 0 Å². The summed E-state index contributed by atoms with van der Waals surface area (Å²) in [7, 11) is 0. The first-order valence-corrected chi connectivity index (χ1v) is 8.24. The molecule has 1 aromatic rings. The summed E-state index contributed by atoms with van der Waals surface area (Å²) in [6, 6.07) is 9.05. The van der Waals surface area contributed by atoms with Crippen molar-refractivity contribution >= 4 is 6.03 Å². The van der Waals surface area contributed by atoms with Gasteiger partial charge in [0.25, 0.3) is 0 Å². The number of aliphatic hydroxyl groups is 1. The van der Waals surface area contributed by atoms with Gasteiger partial charge >= 0.3 is 6.03 Å². The summed E-state index contributed by atoms with van der Waals surface area (Å²) < 4.78 is 5.64. The molecule has 0 bridgehead atoms. The van der Waals surface area contributed by atoms with Crippen molar-refractivity contribution in [2.45, 2.75) is 38.6 Å². The van der Waals surface area contributed by atoms with E-state index in [1.165, 1.54) is 0 Å². The number of benzene rings is 1. The lowest BCUT2D eigenvalue weighted by Gasteiger charge is -2.24. The Bertz CT molecular complexity index is 479. The fraction of sp³-hybridized carbons (Fsp3) is 0.588. The van der Waals surface area contributed by atoms with Gasteiger partial charge in [-0.05, 0) is 18.7 Å². The van der Waals surface area contributed by atoms with Gasteiger partial charge in [-0.25, -0.2) is 4.79 Å². The number of amides is 2. The zero-order valence-corrected chi connectivity index (χ0v) is 13.9. The van der Waals surface area contributed by atoms with Gasteiger partial charge in [0.15, 0.2) is 0 Å². The second-order valence-electron chi connectivity index (χ2n) is 5.77. The van der Waals surface area contributed by atoms with Gasteiger partial charge in [-0.15, -0.1) is 0 Å². The molecule has 1 heterocycles. The molecule has 1 fully saturated rings. The first-order chi connectivity index (χ1) is 11.1. The molecule has 1 aliphatic heterocycles. The molecule has 2 rings (SSSR count). The Kier molecular flexibility index (Phi) is 6.83. The lowest BCUT2D eigenvalue weighted by Crippen LogP contribution is -2.49. The van der Waals surface area contributed by atoms with Gasteiger partial charge in [-0.3, -0.25) is 0 Å². The molecular formula is C17H27N3O3. The number of nitrogens with zero attached hydrogens (tertiary/aromatic N) is 1. The molecule has 23 heavy (non-hydrogen) atoms. The van der Waals surface area contributed by atoms with Crippen molar-refractivity contribution in [2.75, 3.05) is 26.2 Å². The molecule has 0 aromatic heterocycles. The number of hydrogen-bond donors (Lipinski definition) is 3. The van der Waals surface area contributed by atoms with Crippen LogP contribution in [0, 0.1) is 0 Å². The summed E-state index contributed by atoms with van der Waals surface area (Å²) in [6.07, 6.45) is -0.938. The Morgan fingerprint density at radius 1 is 1.30 bits per heavy atom. The number of carbonyl (C=O) groups is 1. The van der Waals surface area contributed by atoms with E-state index in [4.69, 9.17) is 4.74 Å². The van der Waals surface area contributed by atoms with Crippen molar-refractivity contribution < 1.29 is 14.6 Å². The molecule has 6 heteroatoms. The standard InChI is InChI=1S/C17H27N3O3/c1-3-20(4-2)11-15-16(21)14(12-23-15)19-17(22)18-10-13-8-6-5-7-9-13/h5-9,14-16,21H,3-4,10-12H2,1-2H3,(H2,18,19,22)/t14-,15-,16+/m0/s1. The maximum atomic E-state index is 12.0. The SMILES string of the molecule is CCN(CC)C[C@@H]1OC[C@H](NC(=O)NCc2ccccc2)[C@H]1O. The molecule has 0 radical (unpaired) electrons. The number of carbonyl (C=O) groups excluding carboxylic acids is 1. The highest BCUT2D eigenvalue weighted by atomic mass is 16.5. The van der Waals surface area contributed by atoms with Gasteiger partial charge < -0.3 is 25.4 Å². The highest BCUT2D eigenvalue weighted by Crippen LogP contribution is 2.15. The molecule has 3 atom stereocenters. The van der Waals surface area contributed by atoms with Crippen molar-refractivity contribution in [3.8, 4) is 0 Å². The summed E-state index contributed by atoms with van der Waals surface area (Å²) in [6.45, 7) is 7.47. The molecule has 128 valence electrons. The third-order valence-electron chi connectivity index (χ3n) is 4.23. The van der Waals surface area contributed by atoms with E-state index in [0.717, 1.165) is 18.7 Å². The van der Waals surface area contributed by atoms with E-state index in [2.05, 4.69) is 29.4 Å². The highest BCUT2D eigenvalue weighted by Gasteiger charge is 2.37. The summed E-state index contributed by atoms with van der Waals surface area (Å²) in [5.41, 5.74) is 1.03. The molecular weight excluding hydrogens is 294 g/mol. The largest absolute Gasteiger partial charge is 0.388 e. The molecule has 0 spiro atoms. The Morgan fingerprint density at radius 3 is 2.65 bits per heavy atom. The van der Waals surface area contributed by atoms with Gasteiger partial charge in [-0.2, -0.15) is 0 Å². The fourth-order valence-electron chi connectivity index (χ4n) is 2.71. The Morgan fingerprint density at radius 2 is 2.00 bits per heavy atom. The summed E-state index contributed by atoms with van der Waals surface area (Å²) >= 11 is 0. The minimum absolute atomic E-state index is 0.255. The van der Waals surface area contributed by atoms with E-state index in [1.54, 1.807) is 0 Å². The van der Waals surface area contributed by atoms with Crippen molar-refractivity contribution in [3.05, 3.63) is 35.9 Å². The number of rotatable bonds is 7. The molecule has 0 saturated carbocycles. The molecule has 1 saturated heterocycles. The molecule has 3 N–H and O–H groups in total. The van der Waals surface area contributed by atoms with E-state index in [1.807, 2.05) is 30.3 Å². The smallest absolute Gasteiger partial charge is 0.315 e. The zero-order chi connectivity index (χ0) is 16.7. The van der Waals surface area contributed by atoms with Gasteiger partial charge in [0.05, 0.1) is 18.8 Å². The minimum Gasteiger partial charge on any atom is -0.388 e. The van der Waals surface area contributed by atoms with Crippen LogP contribution in [-0.2, 0) is 11.3 Å². The van der Waals surface area contributed by atoms with Gasteiger partial charge in [0.2, 0.25) is 0 Å². The fourth-order valence-corrected chi connectivity index (χ4v) is 2.71. The van der Waals surface area contributed by atoms with Crippen LogP contribution < -0.4 is 10.6 Å². The van der Waals surface area contributed by atoms with E-state index in [0.29, 0.717) is 19.7 Å². The van der Waals surface area contributed by atoms with Crippen molar-refractivity contribution in [3.63, 3.8) is 0 Å². The average Bonchev–Trinajstić information content (AvgIpc) is 2.92. The lowest BCUT2D eigenvalue weighted by molar-refractivity contribution is 0.0173. The number of ether oxygens (including phenoxy) is 1. The van der Waals surface area contributed by atoms with Crippen LogP contribution in [-0.4, -0.2) is 60.5 Å². The maximum absolute atomic E-state index is 12.0. The Balaban J connectivity index is 1.76. The van der Waals surface area contributed by atoms with Crippen LogP contribution >= 0.6 is 0 Å². The third kappa shape index (κ3) is 5.20. The minimum atomic E-state index is -0.682. The van der Waals surface area contributed by atoms with Crippen LogP contribution in [0.1, 0.15) is 19.4 Å². The van der Waals surface area contributed by atoms with Crippen LogP contribution in [0.2, 0.25) is 0 Å². The highest BCUT2D eigenvalue weighted by molar-refractivity contribution is 5.74. The van der Waals surface area contributed by atoms with E-state index in [9.17, 15) is 9.90 Å². The topological polar surface area (TPSA) is 73.8 Å². The number of aliphatic hydroxyl groups excluding tert-OH is 1. The monoisotopic (exact) mass is 321 g/mol. The maximum Gasteiger partial charge on any atom is 0.315 e. The van der Waals surface area contributed by atoms with Crippen molar-refractivity contribution in [1.82, 2.24) is 15.5 Å². The predicted molar refractivity (Wildman–Crippen MR) is 89.1 cm³/mol. The van der Waals surface area contributed by atoms with E-state index in [-0.39, 0.29) is 18.2 Å². The van der Waals surface area contributed by atoms with Crippen molar-refractivity contribution in [1.29, 1.82) is 0 Å². The van der Waals surface area contributed by atoms with Crippen LogP contribution in [0.5, 0.6) is 0 Å². The van der Waals surface area contributed by atoms with E-state index >= 15 is 0 Å². The second-order valence-corrected chi connectivity index (χ2v) is 5.77. The second kappa shape index (κ2) is 8.86. The lowest BCUT2D eigenvalue weighted by atomic mass is 10.1. The number of hydrogen-bond acceptors (Lipinski definition) is 4. The molecule has 0 unspecified atom stereocenters. The van der Waals surface area contributed by atoms with Gasteiger partial charge in [0, 0.05) is 13.1 Å². The van der Waals surface area contributed by atoms with Crippen LogP contribution in [0.15, 0.2) is 30.3 Å². The van der Waals surface area contributed by atoms with Gasteiger partial charge in [-0.1, -0.05) is 44.2 Å². The Hall–Kier alpha value is -1.63. The summed E-state index contributed by atoms with van der Waals surface area (Å²) in [4.78, 5) is 14.2. The number of likely N-dealkylation sites (N-methyl/N-ethyl adjacent to an activating group) is 1. The predicted octanol–water partition coefficient (Wildman–Crippen LogP) is 0.956. The molecule has 0 aliphatic carbocycles. The summed E-state index contributed by atoms with van der Waals surface area (Å²) in [5, 5.41) is 15.9. The van der Waals surface area contributed by atoms with E-state index < -0.39 is 6.10 Å². The molecule has 6 nitrogen and oxygen atoms in total. The van der Waals surface area contributed by atoms with Gasteiger partial charge in [0.1, 0.15) is 6.10 Å². The number of urea groups is 1. The quantitative estimate of drug-likeness (QED) is 0.699. The van der Waals surface area contributed by atoms with Crippen LogP contribution in [0.3, 0.4) is 0 Å². The average molecular weight is 321 g/mol. The Labute approximate surface area is 137 Å². The third-order valence-corrected chi connectivity index (χ3v) is 4.23. The normalized spacial score (nSPS) is 23.9.